The molecule has 0 radical (unpaired) electrons. The van der Waals surface area contributed by atoms with E-state index < -0.39 is 0 Å². The third-order valence-electron chi connectivity index (χ3n) is 5.01. The summed E-state index contributed by atoms with van der Waals surface area (Å²) in [6, 6.07) is 0. The van der Waals surface area contributed by atoms with Gasteiger partial charge in [0.15, 0.2) is 0 Å². The molecule has 0 heterocycles. The maximum absolute atomic E-state index is 12.2. The van der Waals surface area contributed by atoms with Crippen LogP contribution in [0.3, 0.4) is 0 Å². The maximum Gasteiger partial charge on any atom is 0.293 e. The van der Waals surface area contributed by atoms with E-state index in [1.807, 2.05) is 0 Å². The topological polar surface area (TPSA) is 43.4 Å². The second kappa shape index (κ2) is 3.06. The molecule has 3 atom stereocenters. The van der Waals surface area contributed by atoms with E-state index in [0.29, 0.717) is 18.2 Å². The molecule has 0 aromatic heterocycles. The molecule has 0 aliphatic heterocycles. The van der Waals surface area contributed by atoms with Gasteiger partial charge in [-0.1, -0.05) is 20.8 Å². The Morgan fingerprint density at radius 2 is 2.13 bits per heavy atom. The number of rotatable bonds is 3. The van der Waals surface area contributed by atoms with Crippen molar-refractivity contribution in [3.63, 3.8) is 0 Å². The van der Waals surface area contributed by atoms with Gasteiger partial charge in [-0.2, -0.15) is 0 Å². The molecule has 2 rings (SSSR count). The van der Waals surface area contributed by atoms with E-state index in [1.54, 1.807) is 0 Å². The highest BCUT2D eigenvalue weighted by Crippen LogP contribution is 2.65. The Balaban J connectivity index is 2.26. The molecule has 0 aromatic rings. The predicted molar refractivity (Wildman–Crippen MR) is 55.1 cm³/mol. The van der Waals surface area contributed by atoms with E-state index in [9.17, 15) is 9.59 Å². The van der Waals surface area contributed by atoms with Crippen molar-refractivity contribution in [2.75, 3.05) is 6.61 Å². The van der Waals surface area contributed by atoms with Crippen LogP contribution in [0.1, 0.15) is 33.6 Å². The number of carbonyl (C=O) groups is 2. The van der Waals surface area contributed by atoms with Crippen LogP contribution in [0.4, 0.5) is 0 Å². The minimum absolute atomic E-state index is 0.0565. The van der Waals surface area contributed by atoms with Gasteiger partial charge in [-0.05, 0) is 24.2 Å². The van der Waals surface area contributed by atoms with Gasteiger partial charge in [0.25, 0.3) is 6.47 Å². The third-order valence-corrected chi connectivity index (χ3v) is 5.01. The Hall–Kier alpha value is -0.860. The molecule has 2 saturated carbocycles. The highest BCUT2D eigenvalue weighted by atomic mass is 16.5. The summed E-state index contributed by atoms with van der Waals surface area (Å²) in [4.78, 5) is 22.4. The van der Waals surface area contributed by atoms with E-state index in [4.69, 9.17) is 4.74 Å². The molecule has 0 N–H and O–H groups in total. The van der Waals surface area contributed by atoms with Crippen molar-refractivity contribution in [2.45, 2.75) is 33.6 Å². The summed E-state index contributed by atoms with van der Waals surface area (Å²) in [5.74, 6) is 0.615. The molecule has 0 amide bonds. The lowest BCUT2D eigenvalue weighted by Gasteiger charge is -2.32. The Kier molecular flexibility index (Phi) is 2.18. The quantitative estimate of drug-likeness (QED) is 0.667. The van der Waals surface area contributed by atoms with Crippen molar-refractivity contribution in [1.82, 2.24) is 0 Å². The molecular formula is C12H18O3. The fourth-order valence-corrected chi connectivity index (χ4v) is 3.61. The van der Waals surface area contributed by atoms with Gasteiger partial charge in [0.05, 0.1) is 5.92 Å². The molecule has 0 spiro atoms. The van der Waals surface area contributed by atoms with Gasteiger partial charge in [0, 0.05) is 5.41 Å². The Morgan fingerprint density at radius 1 is 1.47 bits per heavy atom. The first kappa shape index (κ1) is 10.7. The molecule has 0 aromatic carbocycles. The second-order valence-corrected chi connectivity index (χ2v) is 5.60. The van der Waals surface area contributed by atoms with Crippen LogP contribution in [0.5, 0.6) is 0 Å². The zero-order valence-corrected chi connectivity index (χ0v) is 9.58. The molecule has 3 nitrogen and oxygen atoms in total. The predicted octanol–water partition coefficient (Wildman–Crippen LogP) is 1.80. The SMILES string of the molecule is CC12CCC(C(COC=O)C1=O)C2(C)C. The molecule has 2 bridgehead atoms. The number of fused-ring (bicyclic) bond motifs is 2. The van der Waals surface area contributed by atoms with Crippen LogP contribution >= 0.6 is 0 Å². The Labute approximate surface area is 90.2 Å². The first-order valence-electron chi connectivity index (χ1n) is 5.54. The molecule has 84 valence electrons. The second-order valence-electron chi connectivity index (χ2n) is 5.60. The first-order chi connectivity index (χ1) is 6.95. The Bertz CT molecular complexity index is 308. The maximum atomic E-state index is 12.2. The van der Waals surface area contributed by atoms with Crippen LogP contribution in [-0.2, 0) is 14.3 Å². The number of ether oxygens (including phenoxy) is 1. The van der Waals surface area contributed by atoms with Crippen molar-refractivity contribution in [3.05, 3.63) is 0 Å². The van der Waals surface area contributed by atoms with Crippen LogP contribution in [0, 0.1) is 22.7 Å². The summed E-state index contributed by atoms with van der Waals surface area (Å²) < 4.78 is 4.78. The van der Waals surface area contributed by atoms with Gasteiger partial charge in [0.2, 0.25) is 0 Å². The largest absolute Gasteiger partial charge is 0.467 e. The van der Waals surface area contributed by atoms with Crippen molar-refractivity contribution < 1.29 is 14.3 Å². The van der Waals surface area contributed by atoms with E-state index in [1.165, 1.54) is 0 Å². The number of Topliss-reactive ketones (excluding diaryl/α,β-unsaturated/α-hetero) is 1. The summed E-state index contributed by atoms with van der Waals surface area (Å²) in [6.45, 7) is 7.11. The monoisotopic (exact) mass is 210 g/mol. The van der Waals surface area contributed by atoms with E-state index in [0.717, 1.165) is 12.8 Å². The first-order valence-corrected chi connectivity index (χ1v) is 5.54. The molecule has 3 unspecified atom stereocenters. The lowest BCUT2D eigenvalue weighted by atomic mass is 9.70. The lowest BCUT2D eigenvalue weighted by Crippen LogP contribution is -2.34. The van der Waals surface area contributed by atoms with Gasteiger partial charge in [-0.15, -0.1) is 0 Å². The summed E-state index contributed by atoms with van der Waals surface area (Å²) >= 11 is 0. The van der Waals surface area contributed by atoms with Gasteiger partial charge in [-0.25, -0.2) is 0 Å². The fraction of sp³-hybridized carbons (Fsp3) is 0.833. The molecule has 2 aliphatic rings. The molecule has 3 heteroatoms. The van der Waals surface area contributed by atoms with Crippen LogP contribution in [-0.4, -0.2) is 18.9 Å². The van der Waals surface area contributed by atoms with Crippen LogP contribution in [0.15, 0.2) is 0 Å². The number of hydrogen-bond donors (Lipinski definition) is 0. The minimum Gasteiger partial charge on any atom is -0.467 e. The highest BCUT2D eigenvalue weighted by Gasteiger charge is 2.66. The molecule has 0 saturated heterocycles. The zero-order valence-electron chi connectivity index (χ0n) is 9.58. The highest BCUT2D eigenvalue weighted by molar-refractivity contribution is 5.91. The van der Waals surface area contributed by atoms with Crippen molar-refractivity contribution in [2.24, 2.45) is 22.7 Å². The summed E-state index contributed by atoms with van der Waals surface area (Å²) in [7, 11) is 0. The summed E-state index contributed by atoms with van der Waals surface area (Å²) in [5, 5.41) is 0. The third kappa shape index (κ3) is 1.12. The smallest absolute Gasteiger partial charge is 0.293 e. The number of hydrogen-bond acceptors (Lipinski definition) is 3. The minimum atomic E-state index is -0.200. The molecule has 2 fully saturated rings. The van der Waals surface area contributed by atoms with Gasteiger partial charge in [0.1, 0.15) is 12.4 Å². The fourth-order valence-electron chi connectivity index (χ4n) is 3.61. The van der Waals surface area contributed by atoms with Gasteiger partial charge in [-0.3, -0.25) is 9.59 Å². The summed E-state index contributed by atoms with van der Waals surface area (Å²) in [5.41, 5.74) is -0.143. The average molecular weight is 210 g/mol. The summed E-state index contributed by atoms with van der Waals surface area (Å²) in [6.07, 6.45) is 2.07. The zero-order chi connectivity index (χ0) is 11.3. The van der Waals surface area contributed by atoms with E-state index in [-0.39, 0.29) is 23.4 Å². The molecular weight excluding hydrogens is 192 g/mol. The van der Waals surface area contributed by atoms with Crippen molar-refractivity contribution >= 4 is 12.3 Å². The van der Waals surface area contributed by atoms with Crippen LogP contribution < -0.4 is 0 Å². The molecule has 15 heavy (non-hydrogen) atoms. The van der Waals surface area contributed by atoms with E-state index >= 15 is 0 Å². The standard InChI is InChI=1S/C12H18O3/c1-11(2)9-4-5-12(11,3)10(14)8(9)6-15-7-13/h7-9H,4-6H2,1-3H3. The normalized spacial score (nSPS) is 41.9. The average Bonchev–Trinajstić information content (AvgIpc) is 2.48. The van der Waals surface area contributed by atoms with E-state index in [2.05, 4.69) is 20.8 Å². The number of carbonyl (C=O) groups excluding carboxylic acids is 2. The van der Waals surface area contributed by atoms with Crippen molar-refractivity contribution in [1.29, 1.82) is 0 Å². The van der Waals surface area contributed by atoms with Crippen LogP contribution in [0.25, 0.3) is 0 Å². The molecule has 2 aliphatic carbocycles. The van der Waals surface area contributed by atoms with Gasteiger partial charge < -0.3 is 4.74 Å². The van der Waals surface area contributed by atoms with Crippen molar-refractivity contribution in [3.8, 4) is 0 Å². The van der Waals surface area contributed by atoms with Gasteiger partial charge >= 0.3 is 0 Å². The van der Waals surface area contributed by atoms with Crippen LogP contribution in [0.2, 0.25) is 0 Å². The lowest BCUT2D eigenvalue weighted by molar-refractivity contribution is -0.137. The number of ketones is 1. The Morgan fingerprint density at radius 3 is 2.60 bits per heavy atom.